The predicted molar refractivity (Wildman–Crippen MR) is 131 cm³/mol. The molecule has 0 saturated heterocycles. The predicted octanol–water partition coefficient (Wildman–Crippen LogP) is 5.32. The maximum absolute atomic E-state index is 6.10. The van der Waals surface area contributed by atoms with Crippen molar-refractivity contribution in [2.45, 2.75) is 50.7 Å². The molecule has 3 aromatic heterocycles. The first-order valence-corrected chi connectivity index (χ1v) is 12.3. The van der Waals surface area contributed by atoms with E-state index in [0.29, 0.717) is 18.0 Å². The van der Waals surface area contributed by atoms with Gasteiger partial charge < -0.3 is 4.74 Å². The van der Waals surface area contributed by atoms with Crippen LogP contribution in [0.3, 0.4) is 0 Å². The van der Waals surface area contributed by atoms with Gasteiger partial charge in [-0.3, -0.25) is 9.36 Å². The second-order valence-corrected chi connectivity index (χ2v) is 9.70. The molecule has 2 saturated carbocycles. The van der Waals surface area contributed by atoms with E-state index in [0.717, 1.165) is 66.0 Å². The minimum absolute atomic E-state index is 0.435. The van der Waals surface area contributed by atoms with Gasteiger partial charge in [-0.15, -0.1) is 0 Å². The first-order valence-electron chi connectivity index (χ1n) is 12.3. The lowest BCUT2D eigenvalue weighted by atomic mass is 9.93. The van der Waals surface area contributed by atoms with Gasteiger partial charge in [0.25, 0.3) is 0 Å². The van der Waals surface area contributed by atoms with Gasteiger partial charge in [-0.05, 0) is 56.1 Å². The maximum atomic E-state index is 6.10. The molecule has 0 atom stereocenters. The molecule has 34 heavy (non-hydrogen) atoms. The summed E-state index contributed by atoms with van der Waals surface area (Å²) < 4.78 is 10.0. The molecular formula is C27H30N6O. The van der Waals surface area contributed by atoms with E-state index in [1.54, 1.807) is 0 Å². The number of benzene rings is 1. The highest BCUT2D eigenvalue weighted by molar-refractivity contribution is 5.70. The SMILES string of the molecule is Cn1cc(-c2cccc(-c3ncc(-c4cnn(C5CCC(OCC6CC6)CC5)c4)cn3)c2)cn1. The zero-order valence-corrected chi connectivity index (χ0v) is 19.5. The molecule has 0 unspecified atom stereocenters. The molecule has 0 radical (unpaired) electrons. The van der Waals surface area contributed by atoms with Crippen molar-refractivity contribution in [3.05, 3.63) is 61.4 Å². The van der Waals surface area contributed by atoms with Gasteiger partial charge in [-0.25, -0.2) is 9.97 Å². The van der Waals surface area contributed by atoms with E-state index < -0.39 is 0 Å². The van der Waals surface area contributed by atoms with Crippen LogP contribution >= 0.6 is 0 Å². The average molecular weight is 455 g/mol. The van der Waals surface area contributed by atoms with Crippen LogP contribution < -0.4 is 0 Å². The number of aromatic nitrogens is 6. The Morgan fingerprint density at radius 2 is 1.53 bits per heavy atom. The van der Waals surface area contributed by atoms with Gasteiger partial charge >= 0.3 is 0 Å². The van der Waals surface area contributed by atoms with Crippen LogP contribution in [0.1, 0.15) is 44.6 Å². The molecule has 2 aliphatic carbocycles. The molecule has 0 N–H and O–H groups in total. The van der Waals surface area contributed by atoms with Gasteiger partial charge in [-0.2, -0.15) is 10.2 Å². The van der Waals surface area contributed by atoms with Crippen molar-refractivity contribution >= 4 is 0 Å². The topological polar surface area (TPSA) is 70.7 Å². The Morgan fingerprint density at radius 1 is 0.794 bits per heavy atom. The average Bonchev–Trinajstić information content (AvgIpc) is 3.40. The number of hydrogen-bond donors (Lipinski definition) is 0. The molecule has 7 heteroatoms. The summed E-state index contributed by atoms with van der Waals surface area (Å²) in [5, 5.41) is 8.93. The molecule has 0 bridgehead atoms. The second-order valence-electron chi connectivity index (χ2n) is 9.70. The van der Waals surface area contributed by atoms with E-state index >= 15 is 0 Å². The Labute approximate surface area is 199 Å². The van der Waals surface area contributed by atoms with Gasteiger partial charge in [0, 0.05) is 60.7 Å². The van der Waals surface area contributed by atoms with Crippen LogP contribution in [0.5, 0.6) is 0 Å². The Hall–Kier alpha value is -3.32. The summed E-state index contributed by atoms with van der Waals surface area (Å²) in [6.45, 7) is 0.963. The van der Waals surface area contributed by atoms with Crippen LogP contribution in [0.2, 0.25) is 0 Å². The third-order valence-electron chi connectivity index (χ3n) is 7.03. The van der Waals surface area contributed by atoms with Crippen LogP contribution in [-0.4, -0.2) is 42.2 Å². The van der Waals surface area contributed by atoms with Crippen molar-refractivity contribution in [3.8, 4) is 33.6 Å². The van der Waals surface area contributed by atoms with E-state index in [9.17, 15) is 0 Å². The van der Waals surface area contributed by atoms with Crippen molar-refractivity contribution in [2.24, 2.45) is 13.0 Å². The van der Waals surface area contributed by atoms with Crippen molar-refractivity contribution < 1.29 is 4.74 Å². The fraction of sp³-hybridized carbons (Fsp3) is 0.407. The Bertz CT molecular complexity index is 1250. The van der Waals surface area contributed by atoms with Gasteiger partial charge in [-0.1, -0.05) is 18.2 Å². The lowest BCUT2D eigenvalue weighted by Gasteiger charge is -2.28. The Kier molecular flexibility index (Phi) is 5.71. The summed E-state index contributed by atoms with van der Waals surface area (Å²) in [6.07, 6.45) is 19.4. The summed E-state index contributed by atoms with van der Waals surface area (Å²) in [4.78, 5) is 9.30. The third kappa shape index (κ3) is 4.66. The molecule has 2 aliphatic rings. The molecular weight excluding hydrogens is 424 g/mol. The maximum Gasteiger partial charge on any atom is 0.159 e. The van der Waals surface area contributed by atoms with Crippen LogP contribution in [-0.2, 0) is 11.8 Å². The highest BCUT2D eigenvalue weighted by Crippen LogP contribution is 2.34. The van der Waals surface area contributed by atoms with Crippen molar-refractivity contribution in [2.75, 3.05) is 6.61 Å². The smallest absolute Gasteiger partial charge is 0.159 e. The standard InChI is InChI=1S/C27H30N6O/c1-32-16-23(14-30-32)20-3-2-4-21(11-20)27-28-12-22(13-29-27)24-15-31-33(17-24)25-7-9-26(10-8-25)34-18-19-5-6-19/h2-4,11-17,19,25-26H,5-10,18H2,1H3. The zero-order valence-electron chi connectivity index (χ0n) is 19.5. The van der Waals surface area contributed by atoms with Gasteiger partial charge in [0.15, 0.2) is 5.82 Å². The zero-order chi connectivity index (χ0) is 22.9. The lowest BCUT2D eigenvalue weighted by Crippen LogP contribution is -2.24. The molecule has 0 amide bonds. The number of nitrogens with zero attached hydrogens (tertiary/aromatic N) is 6. The summed E-state index contributed by atoms with van der Waals surface area (Å²) >= 11 is 0. The summed E-state index contributed by atoms with van der Waals surface area (Å²) in [6, 6.07) is 8.71. The normalized spacial score (nSPS) is 20.5. The highest BCUT2D eigenvalue weighted by Gasteiger charge is 2.27. The fourth-order valence-electron chi connectivity index (χ4n) is 4.75. The minimum atomic E-state index is 0.435. The number of hydrogen-bond acceptors (Lipinski definition) is 5. The number of aryl methyl sites for hydroxylation is 1. The molecule has 0 aliphatic heterocycles. The first kappa shape index (κ1) is 21.2. The van der Waals surface area contributed by atoms with Crippen LogP contribution in [0, 0.1) is 5.92 Å². The Balaban J connectivity index is 1.11. The van der Waals surface area contributed by atoms with Crippen LogP contribution in [0.25, 0.3) is 33.6 Å². The largest absolute Gasteiger partial charge is 0.378 e. The summed E-state index contributed by atoms with van der Waals surface area (Å²) in [7, 11) is 1.92. The van der Waals surface area contributed by atoms with Crippen LogP contribution in [0.4, 0.5) is 0 Å². The quantitative estimate of drug-likeness (QED) is 0.378. The van der Waals surface area contributed by atoms with Crippen LogP contribution in [0.15, 0.2) is 61.4 Å². The molecule has 6 rings (SSSR count). The number of ether oxygens (including phenoxy) is 1. The molecule has 4 aromatic rings. The number of rotatable bonds is 7. The van der Waals surface area contributed by atoms with E-state index in [2.05, 4.69) is 43.2 Å². The fourth-order valence-corrected chi connectivity index (χ4v) is 4.75. The molecule has 0 spiro atoms. The van der Waals surface area contributed by atoms with Crippen molar-refractivity contribution in [1.29, 1.82) is 0 Å². The highest BCUT2D eigenvalue weighted by atomic mass is 16.5. The van der Waals surface area contributed by atoms with E-state index in [4.69, 9.17) is 4.74 Å². The summed E-state index contributed by atoms with van der Waals surface area (Å²) in [5.74, 6) is 1.55. The van der Waals surface area contributed by atoms with E-state index in [1.165, 1.54) is 12.8 Å². The molecule has 1 aromatic carbocycles. The minimum Gasteiger partial charge on any atom is -0.378 e. The van der Waals surface area contributed by atoms with E-state index in [-0.39, 0.29) is 0 Å². The molecule has 2 fully saturated rings. The monoisotopic (exact) mass is 454 g/mol. The van der Waals surface area contributed by atoms with Gasteiger partial charge in [0.1, 0.15) is 0 Å². The molecule has 7 nitrogen and oxygen atoms in total. The van der Waals surface area contributed by atoms with Crippen molar-refractivity contribution in [3.63, 3.8) is 0 Å². The Morgan fingerprint density at radius 3 is 2.26 bits per heavy atom. The molecule has 3 heterocycles. The first-order chi connectivity index (χ1) is 16.7. The second kappa shape index (κ2) is 9.14. The third-order valence-corrected chi connectivity index (χ3v) is 7.03. The van der Waals surface area contributed by atoms with Gasteiger partial charge in [0.05, 0.1) is 24.5 Å². The van der Waals surface area contributed by atoms with E-state index in [1.807, 2.05) is 54.8 Å². The van der Waals surface area contributed by atoms with Gasteiger partial charge in [0.2, 0.25) is 0 Å². The van der Waals surface area contributed by atoms with Crippen molar-refractivity contribution in [1.82, 2.24) is 29.5 Å². The lowest BCUT2D eigenvalue weighted by molar-refractivity contribution is 0.0126. The summed E-state index contributed by atoms with van der Waals surface area (Å²) in [5.41, 5.74) is 5.22. The molecule has 174 valence electrons.